The Balaban J connectivity index is 1.88. The van der Waals surface area contributed by atoms with E-state index in [1.807, 2.05) is 6.92 Å². The average Bonchev–Trinajstić information content (AvgIpc) is 2.96. The third-order valence-corrected chi connectivity index (χ3v) is 5.37. The highest BCUT2D eigenvalue weighted by Gasteiger charge is 2.30. The van der Waals surface area contributed by atoms with Crippen molar-refractivity contribution >= 4 is 5.97 Å². The summed E-state index contributed by atoms with van der Waals surface area (Å²) in [5, 5.41) is 19.9. The third-order valence-electron chi connectivity index (χ3n) is 5.37. The molecule has 5 nitrogen and oxygen atoms in total. The van der Waals surface area contributed by atoms with Crippen molar-refractivity contribution in [1.29, 1.82) is 0 Å². The number of benzene rings is 1. The smallest absolute Gasteiger partial charge is 0.309 e. The normalized spacial score (nSPS) is 20.4. The number of rotatable bonds is 8. The first kappa shape index (κ1) is 21.9. The number of aromatic hydroxyl groups is 2. The van der Waals surface area contributed by atoms with Gasteiger partial charge in [0.25, 0.3) is 0 Å². The third kappa shape index (κ3) is 5.54. The minimum absolute atomic E-state index is 0.0180. The van der Waals surface area contributed by atoms with Gasteiger partial charge in [0.15, 0.2) is 11.5 Å². The number of allylic oxidation sites excluding steroid dienone is 3. The lowest BCUT2D eigenvalue weighted by Crippen LogP contribution is -2.07. The van der Waals surface area contributed by atoms with E-state index in [4.69, 9.17) is 9.47 Å². The van der Waals surface area contributed by atoms with Crippen LogP contribution < -0.4 is 4.74 Å². The first-order chi connectivity index (χ1) is 13.2. The lowest BCUT2D eigenvalue weighted by atomic mass is 9.99. The van der Waals surface area contributed by atoms with Crippen LogP contribution in [-0.4, -0.2) is 29.4 Å². The van der Waals surface area contributed by atoms with Crippen LogP contribution in [0.2, 0.25) is 0 Å². The van der Waals surface area contributed by atoms with E-state index < -0.39 is 0 Å². The van der Waals surface area contributed by atoms with Gasteiger partial charge in [0.1, 0.15) is 6.10 Å². The maximum absolute atomic E-state index is 11.5. The lowest BCUT2D eigenvalue weighted by molar-refractivity contribution is -0.143. The largest absolute Gasteiger partial charge is 0.504 e. The van der Waals surface area contributed by atoms with Crippen molar-refractivity contribution in [3.05, 3.63) is 40.5 Å². The second kappa shape index (κ2) is 9.67. The average molecular weight is 389 g/mol. The molecule has 2 atom stereocenters. The van der Waals surface area contributed by atoms with Gasteiger partial charge in [-0.15, -0.1) is 0 Å². The van der Waals surface area contributed by atoms with Crippen LogP contribution in [0.25, 0.3) is 0 Å². The number of methoxy groups -OCH3 is 1. The molecule has 5 heteroatoms. The lowest BCUT2D eigenvalue weighted by Gasteiger charge is -2.12. The van der Waals surface area contributed by atoms with Gasteiger partial charge in [-0.25, -0.2) is 0 Å². The number of esters is 1. The molecule has 1 aliphatic rings. The molecule has 1 aromatic carbocycles. The molecular weight excluding hydrogens is 356 g/mol. The minimum atomic E-state index is -0.215. The van der Waals surface area contributed by atoms with Crippen LogP contribution in [0.5, 0.6) is 17.2 Å². The molecule has 1 heterocycles. The van der Waals surface area contributed by atoms with Gasteiger partial charge >= 0.3 is 5.97 Å². The van der Waals surface area contributed by atoms with E-state index in [-0.39, 0.29) is 35.2 Å². The topological polar surface area (TPSA) is 76.0 Å². The van der Waals surface area contributed by atoms with Gasteiger partial charge < -0.3 is 19.7 Å². The minimum Gasteiger partial charge on any atom is -0.504 e. The molecule has 28 heavy (non-hydrogen) atoms. The number of hydrogen-bond acceptors (Lipinski definition) is 5. The van der Waals surface area contributed by atoms with Crippen molar-refractivity contribution in [3.8, 4) is 17.2 Å². The van der Waals surface area contributed by atoms with Gasteiger partial charge in [-0.05, 0) is 63.6 Å². The first-order valence-corrected chi connectivity index (χ1v) is 9.83. The molecule has 1 saturated heterocycles. The summed E-state index contributed by atoms with van der Waals surface area (Å²) in [6.45, 7) is 7.89. The van der Waals surface area contributed by atoms with Crippen molar-refractivity contribution in [2.45, 2.75) is 65.9 Å². The van der Waals surface area contributed by atoms with Crippen molar-refractivity contribution in [2.75, 3.05) is 7.11 Å². The SMILES string of the molecule is COc1cc(C/C=C(\C)CC/C=C(\C)CC2CC(C)C(=O)O2)c(C)c(O)c1O. The summed E-state index contributed by atoms with van der Waals surface area (Å²) in [6.07, 6.45) is 8.55. The zero-order valence-electron chi connectivity index (χ0n) is 17.5. The fraction of sp³-hybridized carbons (Fsp3) is 0.522. The number of carbonyl (C=O) groups excluding carboxylic acids is 1. The summed E-state index contributed by atoms with van der Waals surface area (Å²) in [5.41, 5.74) is 4.11. The van der Waals surface area contributed by atoms with E-state index >= 15 is 0 Å². The standard InChI is InChI=1S/C23H32O5/c1-14(7-6-8-15(2)11-19-12-16(3)23(26)28-19)9-10-18-13-20(27-5)22(25)21(24)17(18)4/h8-9,13,16,19,24-25H,6-7,10-12H2,1-5H3/b14-9+,15-8+. The van der Waals surface area contributed by atoms with E-state index in [9.17, 15) is 15.0 Å². The van der Waals surface area contributed by atoms with Crippen molar-refractivity contribution < 1.29 is 24.5 Å². The number of phenols is 2. The van der Waals surface area contributed by atoms with E-state index in [2.05, 4.69) is 26.0 Å². The molecule has 0 bridgehead atoms. The summed E-state index contributed by atoms with van der Waals surface area (Å²) in [5.74, 6) is -0.119. The Bertz CT molecular complexity index is 776. The van der Waals surface area contributed by atoms with Gasteiger partial charge in [-0.2, -0.15) is 0 Å². The Morgan fingerprint density at radius 2 is 1.96 bits per heavy atom. The van der Waals surface area contributed by atoms with Gasteiger partial charge in [-0.1, -0.05) is 30.2 Å². The van der Waals surface area contributed by atoms with Crippen molar-refractivity contribution in [3.63, 3.8) is 0 Å². The fourth-order valence-corrected chi connectivity index (χ4v) is 3.47. The summed E-state index contributed by atoms with van der Waals surface area (Å²) in [7, 11) is 1.47. The number of carbonyl (C=O) groups is 1. The maximum atomic E-state index is 11.5. The molecule has 0 spiro atoms. The quantitative estimate of drug-likeness (QED) is 0.373. The summed E-state index contributed by atoms with van der Waals surface area (Å²) in [6, 6.07) is 1.77. The number of cyclic esters (lactones) is 1. The molecule has 2 rings (SSSR count). The summed E-state index contributed by atoms with van der Waals surface area (Å²) < 4.78 is 10.5. The molecule has 0 saturated carbocycles. The molecule has 1 aliphatic heterocycles. The van der Waals surface area contributed by atoms with Crippen LogP contribution in [-0.2, 0) is 16.0 Å². The number of phenolic OH excluding ortho intramolecular Hbond substituents is 2. The molecule has 1 fully saturated rings. The first-order valence-electron chi connectivity index (χ1n) is 9.83. The highest BCUT2D eigenvalue weighted by Crippen LogP contribution is 2.40. The van der Waals surface area contributed by atoms with E-state index in [1.165, 1.54) is 18.3 Å². The monoisotopic (exact) mass is 388 g/mol. The van der Waals surface area contributed by atoms with E-state index in [0.717, 1.165) is 31.2 Å². The molecular formula is C23H32O5. The molecule has 154 valence electrons. The van der Waals surface area contributed by atoms with Crippen LogP contribution in [0.1, 0.15) is 57.6 Å². The Kier molecular flexibility index (Phi) is 7.55. The van der Waals surface area contributed by atoms with Crippen LogP contribution in [0.15, 0.2) is 29.4 Å². The molecule has 0 amide bonds. The van der Waals surface area contributed by atoms with Crippen LogP contribution in [0, 0.1) is 12.8 Å². The molecule has 2 N–H and O–H groups in total. The molecule has 2 unspecified atom stereocenters. The zero-order chi connectivity index (χ0) is 20.8. The summed E-state index contributed by atoms with van der Waals surface area (Å²) in [4.78, 5) is 11.5. The van der Waals surface area contributed by atoms with E-state index in [1.54, 1.807) is 13.0 Å². The second-order valence-corrected chi connectivity index (χ2v) is 7.80. The van der Waals surface area contributed by atoms with Crippen molar-refractivity contribution in [1.82, 2.24) is 0 Å². The Morgan fingerprint density at radius 1 is 1.25 bits per heavy atom. The maximum Gasteiger partial charge on any atom is 0.309 e. The van der Waals surface area contributed by atoms with Gasteiger partial charge in [0.05, 0.1) is 13.0 Å². The van der Waals surface area contributed by atoms with E-state index in [0.29, 0.717) is 12.0 Å². The Morgan fingerprint density at radius 3 is 2.57 bits per heavy atom. The van der Waals surface area contributed by atoms with Crippen molar-refractivity contribution in [2.24, 2.45) is 5.92 Å². The van der Waals surface area contributed by atoms with Crippen LogP contribution >= 0.6 is 0 Å². The molecule has 0 radical (unpaired) electrons. The Hall–Kier alpha value is -2.43. The molecule has 0 aliphatic carbocycles. The highest BCUT2D eigenvalue weighted by molar-refractivity contribution is 5.74. The molecule has 1 aromatic rings. The highest BCUT2D eigenvalue weighted by atomic mass is 16.5. The molecule has 0 aromatic heterocycles. The Labute approximate surface area is 167 Å². The van der Waals surface area contributed by atoms with Gasteiger partial charge in [-0.3, -0.25) is 4.79 Å². The number of ether oxygens (including phenoxy) is 2. The van der Waals surface area contributed by atoms with Gasteiger partial charge in [0, 0.05) is 6.42 Å². The predicted molar refractivity (Wildman–Crippen MR) is 110 cm³/mol. The number of hydrogen-bond donors (Lipinski definition) is 2. The fourth-order valence-electron chi connectivity index (χ4n) is 3.47. The zero-order valence-corrected chi connectivity index (χ0v) is 17.5. The predicted octanol–water partition coefficient (Wildman–Crippen LogP) is 4.97. The summed E-state index contributed by atoms with van der Waals surface area (Å²) >= 11 is 0. The second-order valence-electron chi connectivity index (χ2n) is 7.80. The van der Waals surface area contributed by atoms with Gasteiger partial charge in [0.2, 0.25) is 5.75 Å². The van der Waals surface area contributed by atoms with Crippen LogP contribution in [0.3, 0.4) is 0 Å². The van der Waals surface area contributed by atoms with Crippen LogP contribution in [0.4, 0.5) is 0 Å².